The van der Waals surface area contributed by atoms with E-state index in [1.165, 1.54) is 5.69 Å². The van der Waals surface area contributed by atoms with Crippen LogP contribution in [0.1, 0.15) is 29.3 Å². The normalized spacial score (nSPS) is 20.2. The Labute approximate surface area is 188 Å². The number of para-hydroxylation sites is 1. The average molecular weight is 435 g/mol. The van der Waals surface area contributed by atoms with Crippen LogP contribution < -0.4 is 15.5 Å². The summed E-state index contributed by atoms with van der Waals surface area (Å²) in [5.74, 6) is -0.840. The van der Waals surface area contributed by atoms with Crippen LogP contribution in [0.25, 0.3) is 0 Å². The van der Waals surface area contributed by atoms with Crippen LogP contribution in [0, 0.1) is 5.92 Å². The summed E-state index contributed by atoms with van der Waals surface area (Å²) in [4.78, 5) is 40.4. The van der Waals surface area contributed by atoms with Crippen molar-refractivity contribution in [2.24, 2.45) is 5.92 Å². The van der Waals surface area contributed by atoms with Crippen molar-refractivity contribution >= 4 is 23.4 Å². The highest BCUT2D eigenvalue weighted by Crippen LogP contribution is 2.18. The summed E-state index contributed by atoms with van der Waals surface area (Å²) >= 11 is 0. The van der Waals surface area contributed by atoms with Gasteiger partial charge in [0.2, 0.25) is 11.8 Å². The SMILES string of the molecule is CC(CNC(=O)c1ccc(CC2CC(=O)NC2=O)cc1)N1CCN(c2ccccc2)CC1. The predicted molar refractivity (Wildman–Crippen MR) is 123 cm³/mol. The Balaban J connectivity index is 1.22. The lowest BCUT2D eigenvalue weighted by Gasteiger charge is -2.39. The summed E-state index contributed by atoms with van der Waals surface area (Å²) in [6.45, 7) is 6.64. The highest BCUT2D eigenvalue weighted by atomic mass is 16.2. The van der Waals surface area contributed by atoms with E-state index in [0.717, 1.165) is 31.7 Å². The van der Waals surface area contributed by atoms with E-state index in [0.29, 0.717) is 18.5 Å². The molecule has 4 rings (SSSR count). The second-order valence-corrected chi connectivity index (χ2v) is 8.63. The van der Waals surface area contributed by atoms with E-state index in [1.54, 1.807) is 12.1 Å². The summed E-state index contributed by atoms with van der Waals surface area (Å²) in [7, 11) is 0. The Morgan fingerprint density at radius 2 is 1.72 bits per heavy atom. The molecule has 2 aliphatic rings. The molecule has 0 spiro atoms. The molecule has 3 amide bonds. The predicted octanol–water partition coefficient (Wildman–Crippen LogP) is 1.83. The van der Waals surface area contributed by atoms with E-state index in [2.05, 4.69) is 51.6 Å². The minimum atomic E-state index is -0.314. The topological polar surface area (TPSA) is 81.8 Å². The summed E-state index contributed by atoms with van der Waals surface area (Å²) < 4.78 is 0. The van der Waals surface area contributed by atoms with E-state index < -0.39 is 0 Å². The lowest BCUT2D eigenvalue weighted by atomic mass is 9.97. The molecule has 2 aromatic carbocycles. The van der Waals surface area contributed by atoms with E-state index in [4.69, 9.17) is 0 Å². The quantitative estimate of drug-likeness (QED) is 0.650. The number of benzene rings is 2. The molecule has 2 aromatic rings. The molecule has 2 N–H and O–H groups in total. The number of hydrogen-bond donors (Lipinski definition) is 2. The second kappa shape index (κ2) is 9.96. The number of hydrogen-bond acceptors (Lipinski definition) is 5. The molecule has 0 saturated carbocycles. The first-order chi connectivity index (χ1) is 15.5. The molecule has 168 valence electrons. The first kappa shape index (κ1) is 22.0. The zero-order valence-electron chi connectivity index (χ0n) is 18.4. The van der Waals surface area contributed by atoms with Crippen molar-refractivity contribution in [3.05, 3.63) is 65.7 Å². The number of carbonyl (C=O) groups excluding carboxylic acids is 3. The van der Waals surface area contributed by atoms with Crippen LogP contribution in [-0.4, -0.2) is 61.4 Å². The van der Waals surface area contributed by atoms with Crippen LogP contribution in [0.3, 0.4) is 0 Å². The molecule has 2 atom stereocenters. The number of rotatable bonds is 7. The fourth-order valence-corrected chi connectivity index (χ4v) is 4.38. The summed E-state index contributed by atoms with van der Waals surface area (Å²) in [6.07, 6.45) is 0.740. The highest BCUT2D eigenvalue weighted by Gasteiger charge is 2.30. The van der Waals surface area contributed by atoms with Gasteiger partial charge in [0.15, 0.2) is 0 Å². The Hall–Kier alpha value is -3.19. The Morgan fingerprint density at radius 3 is 2.34 bits per heavy atom. The van der Waals surface area contributed by atoms with Gasteiger partial charge in [-0.05, 0) is 43.2 Å². The Bertz CT molecular complexity index is 953. The van der Waals surface area contributed by atoms with Crippen LogP contribution in [0.5, 0.6) is 0 Å². The molecule has 2 saturated heterocycles. The molecule has 2 aliphatic heterocycles. The van der Waals surface area contributed by atoms with Gasteiger partial charge in [-0.2, -0.15) is 0 Å². The van der Waals surface area contributed by atoms with Gasteiger partial charge in [0.05, 0.1) is 5.92 Å². The maximum Gasteiger partial charge on any atom is 0.251 e. The van der Waals surface area contributed by atoms with Crippen molar-refractivity contribution in [2.75, 3.05) is 37.6 Å². The zero-order chi connectivity index (χ0) is 22.5. The van der Waals surface area contributed by atoms with Crippen molar-refractivity contribution in [1.29, 1.82) is 0 Å². The van der Waals surface area contributed by atoms with E-state index in [9.17, 15) is 14.4 Å². The smallest absolute Gasteiger partial charge is 0.251 e. The fraction of sp³-hybridized carbons (Fsp3) is 0.400. The van der Waals surface area contributed by atoms with Crippen LogP contribution in [-0.2, 0) is 16.0 Å². The van der Waals surface area contributed by atoms with Crippen LogP contribution in [0.4, 0.5) is 5.69 Å². The van der Waals surface area contributed by atoms with Crippen molar-refractivity contribution in [3.8, 4) is 0 Å². The molecule has 0 bridgehead atoms. The van der Waals surface area contributed by atoms with Crippen LogP contribution in [0.2, 0.25) is 0 Å². The first-order valence-electron chi connectivity index (χ1n) is 11.2. The van der Waals surface area contributed by atoms with Gasteiger partial charge in [-0.1, -0.05) is 30.3 Å². The van der Waals surface area contributed by atoms with E-state index >= 15 is 0 Å². The van der Waals surface area contributed by atoms with Crippen LogP contribution in [0.15, 0.2) is 54.6 Å². The molecule has 0 aliphatic carbocycles. The maximum atomic E-state index is 12.6. The van der Waals surface area contributed by atoms with Gasteiger partial charge < -0.3 is 10.2 Å². The largest absolute Gasteiger partial charge is 0.369 e. The number of imide groups is 1. The number of nitrogens with one attached hydrogen (secondary N) is 2. The third kappa shape index (κ3) is 5.34. The molecule has 0 aromatic heterocycles. The minimum absolute atomic E-state index is 0.0971. The molecule has 7 nitrogen and oxygen atoms in total. The zero-order valence-corrected chi connectivity index (χ0v) is 18.4. The van der Waals surface area contributed by atoms with Gasteiger partial charge in [0.25, 0.3) is 5.91 Å². The standard InChI is InChI=1S/C25H30N4O3/c1-18(28-11-13-29(14-12-28)22-5-3-2-4-6-22)17-26-24(31)20-9-7-19(8-10-20)15-21-16-23(30)27-25(21)32/h2-10,18,21H,11-17H2,1H3,(H,26,31)(H,27,30,32). The number of amides is 3. The first-order valence-corrected chi connectivity index (χ1v) is 11.2. The third-order valence-corrected chi connectivity index (χ3v) is 6.38. The van der Waals surface area contributed by atoms with Gasteiger partial charge in [-0.25, -0.2) is 0 Å². The van der Waals surface area contributed by atoms with Crippen molar-refractivity contribution in [3.63, 3.8) is 0 Å². The van der Waals surface area contributed by atoms with Gasteiger partial charge in [0, 0.05) is 56.4 Å². The van der Waals surface area contributed by atoms with E-state index in [-0.39, 0.29) is 36.1 Å². The summed E-state index contributed by atoms with van der Waals surface area (Å²) in [5, 5.41) is 5.37. The van der Waals surface area contributed by atoms with Gasteiger partial charge in [-0.3, -0.25) is 24.6 Å². The molecule has 0 radical (unpaired) electrons. The molecule has 2 unspecified atom stereocenters. The highest BCUT2D eigenvalue weighted by molar-refractivity contribution is 6.03. The van der Waals surface area contributed by atoms with Crippen molar-refractivity contribution in [2.45, 2.75) is 25.8 Å². The molecule has 2 fully saturated rings. The second-order valence-electron chi connectivity index (χ2n) is 8.63. The molecular weight excluding hydrogens is 404 g/mol. The Morgan fingerprint density at radius 1 is 1.03 bits per heavy atom. The summed E-state index contributed by atoms with van der Waals surface area (Å²) in [6, 6.07) is 18.0. The van der Waals surface area contributed by atoms with Gasteiger partial charge >= 0.3 is 0 Å². The minimum Gasteiger partial charge on any atom is -0.369 e. The lowest BCUT2D eigenvalue weighted by Crippen LogP contribution is -2.52. The number of piperazine rings is 1. The van der Waals surface area contributed by atoms with Crippen molar-refractivity contribution < 1.29 is 14.4 Å². The monoisotopic (exact) mass is 434 g/mol. The molecule has 7 heteroatoms. The van der Waals surface area contributed by atoms with E-state index in [1.807, 2.05) is 18.2 Å². The van der Waals surface area contributed by atoms with Gasteiger partial charge in [0.1, 0.15) is 0 Å². The third-order valence-electron chi connectivity index (χ3n) is 6.38. The molecule has 32 heavy (non-hydrogen) atoms. The van der Waals surface area contributed by atoms with Crippen molar-refractivity contribution in [1.82, 2.24) is 15.5 Å². The number of nitrogens with zero attached hydrogens (tertiary/aromatic N) is 2. The summed E-state index contributed by atoms with van der Waals surface area (Å²) in [5.41, 5.74) is 2.81. The van der Waals surface area contributed by atoms with Gasteiger partial charge in [-0.15, -0.1) is 0 Å². The fourth-order valence-electron chi connectivity index (χ4n) is 4.38. The molecular formula is C25H30N4O3. The maximum absolute atomic E-state index is 12.6. The lowest BCUT2D eigenvalue weighted by molar-refractivity contribution is -0.125. The molecule has 2 heterocycles. The number of carbonyl (C=O) groups is 3. The number of anilines is 1. The average Bonchev–Trinajstić information content (AvgIpc) is 3.14. The Kier molecular flexibility index (Phi) is 6.85. The van der Waals surface area contributed by atoms with Crippen LogP contribution >= 0.6 is 0 Å².